The van der Waals surface area contributed by atoms with E-state index in [9.17, 15) is 39.9 Å². The fourth-order valence-electron chi connectivity index (χ4n) is 5.60. The van der Waals surface area contributed by atoms with E-state index in [-0.39, 0.29) is 17.1 Å². The van der Waals surface area contributed by atoms with E-state index in [0.717, 1.165) is 36.3 Å². The molecular weight excluding hydrogens is 546 g/mol. The number of hydrogen-bond donors (Lipinski definition) is 1. The number of nitrogens with zero attached hydrogens (tertiary/aromatic N) is 2. The van der Waals surface area contributed by atoms with Gasteiger partial charge in [-0.05, 0) is 34.6 Å². The number of aryl methyl sites for hydroxylation is 1. The summed E-state index contributed by atoms with van der Waals surface area (Å²) in [6, 6.07) is 9.26. The van der Waals surface area contributed by atoms with E-state index in [1.165, 1.54) is 0 Å². The molecule has 216 valence electrons. The minimum Gasteiger partial charge on any atom is -0.369 e. The monoisotopic (exact) mass is 578 g/mol. The van der Waals surface area contributed by atoms with Gasteiger partial charge in [0.2, 0.25) is 10.0 Å². The van der Waals surface area contributed by atoms with E-state index in [1.54, 1.807) is 10.4 Å². The Hall–Kier alpha value is -2.15. The van der Waals surface area contributed by atoms with Crippen LogP contribution < -0.4 is 0 Å². The van der Waals surface area contributed by atoms with Crippen molar-refractivity contribution in [2.75, 3.05) is 31.9 Å². The molecule has 0 amide bonds. The zero-order valence-electron chi connectivity index (χ0n) is 21.9. The highest BCUT2D eigenvalue weighted by atomic mass is 32.2. The second-order valence-electron chi connectivity index (χ2n) is 11.2. The smallest absolute Gasteiger partial charge is 0.369 e. The summed E-state index contributed by atoms with van der Waals surface area (Å²) >= 11 is 0. The van der Waals surface area contributed by atoms with Crippen LogP contribution in [0.1, 0.15) is 37.5 Å². The van der Waals surface area contributed by atoms with Gasteiger partial charge in [0, 0.05) is 43.7 Å². The zero-order chi connectivity index (χ0) is 29.0. The van der Waals surface area contributed by atoms with Crippen LogP contribution in [0, 0.1) is 11.3 Å². The third-order valence-corrected chi connectivity index (χ3v) is 9.60. The van der Waals surface area contributed by atoms with Crippen LogP contribution in [0.25, 0.3) is 11.1 Å². The Bertz CT molecular complexity index is 1280. The first-order valence-corrected chi connectivity index (χ1v) is 14.3. The van der Waals surface area contributed by atoms with Crippen LogP contribution in [0.4, 0.5) is 26.3 Å². The molecule has 0 saturated carbocycles. The molecule has 5 nitrogen and oxygen atoms in total. The van der Waals surface area contributed by atoms with Crippen molar-refractivity contribution in [1.29, 1.82) is 0 Å². The van der Waals surface area contributed by atoms with Crippen molar-refractivity contribution in [2.24, 2.45) is 11.3 Å². The normalized spacial score (nSPS) is 18.8. The van der Waals surface area contributed by atoms with E-state index in [1.807, 2.05) is 32.9 Å². The summed E-state index contributed by atoms with van der Waals surface area (Å²) in [5.74, 6) is 0.217. The van der Waals surface area contributed by atoms with E-state index in [2.05, 4.69) is 4.90 Å². The van der Waals surface area contributed by atoms with Gasteiger partial charge < -0.3 is 5.11 Å². The molecule has 0 radical (unpaired) electrons. The molecule has 2 saturated heterocycles. The van der Waals surface area contributed by atoms with E-state index >= 15 is 0 Å². The molecule has 2 aliphatic rings. The number of halogens is 6. The molecule has 39 heavy (non-hydrogen) atoms. The summed E-state index contributed by atoms with van der Waals surface area (Å²) in [5.41, 5.74) is -3.25. The summed E-state index contributed by atoms with van der Waals surface area (Å²) in [7, 11) is -3.22. The Morgan fingerprint density at radius 2 is 1.49 bits per heavy atom. The lowest BCUT2D eigenvalue weighted by Crippen LogP contribution is -2.72. The second kappa shape index (κ2) is 10.0. The summed E-state index contributed by atoms with van der Waals surface area (Å²) in [4.78, 5) is 2.23. The van der Waals surface area contributed by atoms with Crippen molar-refractivity contribution in [3.8, 4) is 11.1 Å². The summed E-state index contributed by atoms with van der Waals surface area (Å²) in [5, 5.41) is 9.63. The first-order chi connectivity index (χ1) is 17.9. The number of sulfonamides is 1. The van der Waals surface area contributed by atoms with Gasteiger partial charge in [-0.15, -0.1) is 0 Å². The minimum atomic E-state index is -5.93. The fraction of sp³-hybridized carbons (Fsp3) is 0.556. The molecule has 0 aliphatic carbocycles. The average molecular weight is 579 g/mol. The van der Waals surface area contributed by atoms with Crippen LogP contribution in [0.2, 0.25) is 0 Å². The second-order valence-corrected chi connectivity index (χ2v) is 13.2. The molecule has 0 atom stereocenters. The first kappa shape index (κ1) is 29.8. The van der Waals surface area contributed by atoms with Gasteiger partial charge in [0.25, 0.3) is 5.60 Å². The predicted octanol–water partition coefficient (Wildman–Crippen LogP) is 5.33. The fourth-order valence-corrected chi connectivity index (χ4v) is 7.59. The van der Waals surface area contributed by atoms with Crippen LogP contribution in [0.5, 0.6) is 0 Å². The SMILES string of the molecule is CCc1cc(CN2CC3(C2)CN(S(=O)(=O)CC(C)C)C3)ccc1-c1ccc(C(O)(C(F)(F)F)C(F)(F)F)cc1. The molecule has 1 spiro atoms. The molecule has 0 bridgehead atoms. The van der Waals surface area contributed by atoms with Crippen LogP contribution in [0.3, 0.4) is 0 Å². The molecule has 0 unspecified atom stereocenters. The van der Waals surface area contributed by atoms with Gasteiger partial charge in [0.1, 0.15) is 0 Å². The Balaban J connectivity index is 1.43. The van der Waals surface area contributed by atoms with Gasteiger partial charge >= 0.3 is 12.4 Å². The van der Waals surface area contributed by atoms with Gasteiger partial charge in [-0.3, -0.25) is 4.90 Å². The molecule has 2 aliphatic heterocycles. The number of rotatable bonds is 8. The Kier molecular flexibility index (Phi) is 7.68. The maximum absolute atomic E-state index is 13.2. The Morgan fingerprint density at radius 3 is 1.97 bits per heavy atom. The maximum atomic E-state index is 13.2. The van der Waals surface area contributed by atoms with E-state index in [4.69, 9.17) is 0 Å². The predicted molar refractivity (Wildman–Crippen MR) is 135 cm³/mol. The first-order valence-electron chi connectivity index (χ1n) is 12.7. The number of benzene rings is 2. The van der Waals surface area contributed by atoms with Gasteiger partial charge in [-0.25, -0.2) is 12.7 Å². The standard InChI is InChI=1S/C27H32F6N2O3S/c1-4-20-11-19(12-34-14-24(15-34)16-35(17-24)39(37,38)13-18(2)3)5-10-23(20)21-6-8-22(9-7-21)25(36,26(28,29)30)27(31,32)33/h5-11,18,36H,4,12-17H2,1-3H3. The summed E-state index contributed by atoms with van der Waals surface area (Å²) < 4.78 is 106. The van der Waals surface area contributed by atoms with Crippen molar-refractivity contribution in [3.63, 3.8) is 0 Å². The highest BCUT2D eigenvalue weighted by Crippen LogP contribution is 2.50. The number of alkyl halides is 6. The maximum Gasteiger partial charge on any atom is 0.430 e. The van der Waals surface area contributed by atoms with Crippen molar-refractivity contribution >= 4 is 10.0 Å². The van der Waals surface area contributed by atoms with Crippen molar-refractivity contribution in [1.82, 2.24) is 9.21 Å². The number of likely N-dealkylation sites (tertiary alicyclic amines) is 1. The minimum absolute atomic E-state index is 0.00587. The van der Waals surface area contributed by atoms with Gasteiger partial charge in [0.15, 0.2) is 0 Å². The summed E-state index contributed by atoms with van der Waals surface area (Å²) in [6.07, 6.45) is -11.3. The summed E-state index contributed by atoms with van der Waals surface area (Å²) in [6.45, 7) is 8.95. The molecule has 2 fully saturated rings. The van der Waals surface area contributed by atoms with Crippen LogP contribution in [0.15, 0.2) is 42.5 Å². The van der Waals surface area contributed by atoms with Crippen molar-refractivity contribution in [2.45, 2.75) is 51.7 Å². The number of hydrogen-bond acceptors (Lipinski definition) is 4. The lowest BCUT2D eigenvalue weighted by Gasteiger charge is -2.59. The van der Waals surface area contributed by atoms with Gasteiger partial charge in [-0.2, -0.15) is 26.3 Å². The van der Waals surface area contributed by atoms with E-state index < -0.39 is 33.5 Å². The van der Waals surface area contributed by atoms with E-state index in [0.29, 0.717) is 49.3 Å². The molecule has 2 heterocycles. The molecule has 2 aromatic rings. The molecule has 1 N–H and O–H groups in total. The third-order valence-electron chi connectivity index (χ3n) is 7.47. The Morgan fingerprint density at radius 1 is 0.923 bits per heavy atom. The molecule has 12 heteroatoms. The van der Waals surface area contributed by atoms with Crippen LogP contribution in [-0.4, -0.2) is 67.0 Å². The van der Waals surface area contributed by atoms with Crippen molar-refractivity contribution < 1.29 is 39.9 Å². The molecule has 2 aromatic carbocycles. The molecule has 0 aromatic heterocycles. The highest BCUT2D eigenvalue weighted by molar-refractivity contribution is 7.89. The van der Waals surface area contributed by atoms with Gasteiger partial charge in [0.05, 0.1) is 5.75 Å². The lowest BCUT2D eigenvalue weighted by molar-refractivity contribution is -0.376. The quantitative estimate of drug-likeness (QED) is 0.431. The van der Waals surface area contributed by atoms with Gasteiger partial charge in [-0.1, -0.05) is 63.2 Å². The number of aliphatic hydroxyl groups is 1. The molecular formula is C27H32F6N2O3S. The lowest BCUT2D eigenvalue weighted by atomic mass is 9.74. The van der Waals surface area contributed by atoms with Crippen LogP contribution in [-0.2, 0) is 28.6 Å². The highest BCUT2D eigenvalue weighted by Gasteiger charge is 2.71. The van der Waals surface area contributed by atoms with Crippen molar-refractivity contribution in [3.05, 3.63) is 59.2 Å². The average Bonchev–Trinajstić information content (AvgIpc) is 2.76. The Labute approximate surface area is 224 Å². The zero-order valence-corrected chi connectivity index (χ0v) is 22.7. The molecule has 4 rings (SSSR count). The largest absolute Gasteiger partial charge is 0.430 e. The third kappa shape index (κ3) is 5.57. The topological polar surface area (TPSA) is 60.9 Å². The van der Waals surface area contributed by atoms with Crippen LogP contribution >= 0.6 is 0 Å².